The van der Waals surface area contributed by atoms with Gasteiger partial charge < -0.3 is 14.0 Å². The summed E-state index contributed by atoms with van der Waals surface area (Å²) in [5.74, 6) is 0. The van der Waals surface area contributed by atoms with E-state index in [0.29, 0.717) is 0 Å². The molecule has 0 saturated carbocycles. The fourth-order valence-corrected chi connectivity index (χ4v) is 7.52. The molecule has 0 amide bonds. The Labute approximate surface area is 284 Å². The van der Waals surface area contributed by atoms with Gasteiger partial charge in [0, 0.05) is 50.8 Å². The number of hydrogen-bond donors (Lipinski definition) is 0. The van der Waals surface area contributed by atoms with E-state index in [4.69, 9.17) is 0 Å². The largest absolute Gasteiger partial charge is 0.317 e. The molecule has 3 nitrogen and oxygen atoms in total. The zero-order valence-corrected chi connectivity index (χ0v) is 26.7. The summed E-state index contributed by atoms with van der Waals surface area (Å²) in [6.45, 7) is 0. The average Bonchev–Trinajstić information content (AvgIpc) is 3.73. The third-order valence-corrected chi connectivity index (χ3v) is 9.87. The Balaban J connectivity index is 1.13. The van der Waals surface area contributed by atoms with E-state index in [-0.39, 0.29) is 0 Å². The van der Waals surface area contributed by atoms with Gasteiger partial charge in [-0.15, -0.1) is 0 Å². The summed E-state index contributed by atoms with van der Waals surface area (Å²) in [7, 11) is 0. The van der Waals surface area contributed by atoms with Crippen LogP contribution in [-0.4, -0.2) is 9.13 Å². The molecule has 10 aromatic rings. The van der Waals surface area contributed by atoms with Crippen molar-refractivity contribution in [1.29, 1.82) is 0 Å². The molecule has 0 aliphatic heterocycles. The summed E-state index contributed by atoms with van der Waals surface area (Å²) >= 11 is 0. The monoisotopic (exact) mass is 625 g/mol. The zero-order chi connectivity index (χ0) is 32.3. The van der Waals surface area contributed by atoms with Gasteiger partial charge in [0.1, 0.15) is 0 Å². The van der Waals surface area contributed by atoms with Crippen LogP contribution in [0.25, 0.3) is 65.6 Å². The molecule has 0 radical (unpaired) electrons. The molecule has 230 valence electrons. The van der Waals surface area contributed by atoms with Gasteiger partial charge in [0.2, 0.25) is 0 Å². The van der Waals surface area contributed by atoms with E-state index in [2.05, 4.69) is 202 Å². The Morgan fingerprint density at radius 1 is 0.327 bits per heavy atom. The third-order valence-electron chi connectivity index (χ3n) is 9.87. The van der Waals surface area contributed by atoms with Crippen molar-refractivity contribution < 1.29 is 0 Å². The maximum absolute atomic E-state index is 2.41. The minimum Gasteiger partial charge on any atom is -0.317 e. The summed E-state index contributed by atoms with van der Waals surface area (Å²) in [6.07, 6.45) is 2.17. The fourth-order valence-electron chi connectivity index (χ4n) is 7.52. The van der Waals surface area contributed by atoms with Crippen LogP contribution in [0.2, 0.25) is 0 Å². The van der Waals surface area contributed by atoms with Crippen molar-refractivity contribution in [2.24, 2.45) is 0 Å². The van der Waals surface area contributed by atoms with E-state index in [0.717, 1.165) is 22.7 Å². The molecule has 8 aromatic carbocycles. The van der Waals surface area contributed by atoms with Crippen LogP contribution < -0.4 is 4.90 Å². The predicted octanol–water partition coefficient (Wildman–Crippen LogP) is 12.5. The molecule has 0 saturated heterocycles. The number of nitrogens with zero attached hydrogens (tertiary/aromatic N) is 3. The molecule has 10 rings (SSSR count). The lowest BCUT2D eigenvalue weighted by molar-refractivity contribution is 1.13. The minimum atomic E-state index is 1.11. The molecular weight excluding hydrogens is 595 g/mol. The van der Waals surface area contributed by atoms with Crippen molar-refractivity contribution in [1.82, 2.24) is 9.13 Å². The summed E-state index contributed by atoms with van der Waals surface area (Å²) < 4.78 is 4.69. The minimum absolute atomic E-state index is 1.11. The number of para-hydroxylation sites is 2. The Hall–Kier alpha value is -6.58. The third kappa shape index (κ3) is 4.51. The van der Waals surface area contributed by atoms with Gasteiger partial charge in [0.25, 0.3) is 0 Å². The molecule has 2 aromatic heterocycles. The van der Waals surface area contributed by atoms with E-state index < -0.39 is 0 Å². The summed E-state index contributed by atoms with van der Waals surface area (Å²) in [5, 5.41) is 8.63. The lowest BCUT2D eigenvalue weighted by atomic mass is 10.1. The smallest absolute Gasteiger partial charge is 0.0548 e. The van der Waals surface area contributed by atoms with Crippen molar-refractivity contribution in [2.75, 3.05) is 4.90 Å². The quantitative estimate of drug-likeness (QED) is 0.185. The van der Waals surface area contributed by atoms with Gasteiger partial charge in [-0.25, -0.2) is 0 Å². The number of hydrogen-bond acceptors (Lipinski definition) is 1. The van der Waals surface area contributed by atoms with Crippen molar-refractivity contribution >= 4 is 71.3 Å². The molecule has 3 heteroatoms. The molecular formula is C46H31N3. The molecule has 0 bridgehead atoms. The van der Waals surface area contributed by atoms with Crippen LogP contribution >= 0.6 is 0 Å². The Morgan fingerprint density at radius 2 is 0.918 bits per heavy atom. The van der Waals surface area contributed by atoms with E-state index in [1.807, 2.05) is 0 Å². The van der Waals surface area contributed by atoms with Gasteiger partial charge >= 0.3 is 0 Å². The van der Waals surface area contributed by atoms with Crippen molar-refractivity contribution in [3.05, 3.63) is 188 Å². The van der Waals surface area contributed by atoms with Gasteiger partial charge in [-0.2, -0.15) is 0 Å². The van der Waals surface area contributed by atoms with E-state index in [9.17, 15) is 0 Å². The molecule has 0 atom stereocenters. The number of anilines is 3. The Bertz CT molecular complexity index is 2740. The first-order valence-corrected chi connectivity index (χ1v) is 16.8. The maximum Gasteiger partial charge on any atom is 0.0548 e. The molecule has 0 aliphatic carbocycles. The van der Waals surface area contributed by atoms with Crippen LogP contribution in [0.5, 0.6) is 0 Å². The van der Waals surface area contributed by atoms with Crippen molar-refractivity contribution in [3.8, 4) is 11.4 Å². The highest BCUT2D eigenvalue weighted by Crippen LogP contribution is 2.40. The van der Waals surface area contributed by atoms with Gasteiger partial charge in [-0.1, -0.05) is 97.1 Å². The lowest BCUT2D eigenvalue weighted by Gasteiger charge is -2.26. The van der Waals surface area contributed by atoms with Crippen molar-refractivity contribution in [3.63, 3.8) is 0 Å². The standard InChI is InChI=1S/C46H31N3/c1-2-14-37(15-3-1)47-27-26-36-30-46-43(31-45(36)47)42-16-8-9-17-44(42)49(46)39-24-22-38(23-25-39)48(40-20-18-32-10-4-6-12-34(32)28-40)41-21-19-33-11-5-7-13-35(33)29-41/h1-31H. The van der Waals surface area contributed by atoms with Crippen LogP contribution in [0.3, 0.4) is 0 Å². The number of rotatable bonds is 5. The molecule has 0 aliphatic rings. The average molecular weight is 626 g/mol. The number of aromatic nitrogens is 2. The molecule has 0 unspecified atom stereocenters. The fraction of sp³-hybridized carbons (Fsp3) is 0. The van der Waals surface area contributed by atoms with Gasteiger partial charge in [0.15, 0.2) is 0 Å². The predicted molar refractivity (Wildman–Crippen MR) is 207 cm³/mol. The van der Waals surface area contributed by atoms with E-state index in [1.165, 1.54) is 59.9 Å². The highest BCUT2D eigenvalue weighted by atomic mass is 15.1. The van der Waals surface area contributed by atoms with Gasteiger partial charge in [0.05, 0.1) is 16.6 Å². The van der Waals surface area contributed by atoms with Crippen LogP contribution in [0.4, 0.5) is 17.1 Å². The van der Waals surface area contributed by atoms with Gasteiger partial charge in [-0.3, -0.25) is 0 Å². The second-order valence-electron chi connectivity index (χ2n) is 12.7. The topological polar surface area (TPSA) is 13.1 Å². The second-order valence-corrected chi connectivity index (χ2v) is 12.7. The molecule has 0 fully saturated rings. The molecule has 49 heavy (non-hydrogen) atoms. The SMILES string of the molecule is c1ccc(-n2ccc3cc4c(cc32)c2ccccc2n4-c2ccc(N(c3ccc4ccccc4c3)c3ccc4ccccc4c3)cc2)cc1. The molecule has 2 heterocycles. The summed E-state index contributed by atoms with van der Waals surface area (Å²) in [6, 6.07) is 65.9. The highest BCUT2D eigenvalue weighted by molar-refractivity contribution is 6.13. The molecule has 0 spiro atoms. The number of benzene rings is 8. The Kier molecular flexibility index (Phi) is 6.18. The normalized spacial score (nSPS) is 11.7. The maximum atomic E-state index is 2.41. The van der Waals surface area contributed by atoms with Crippen molar-refractivity contribution in [2.45, 2.75) is 0 Å². The molecule has 0 N–H and O–H groups in total. The van der Waals surface area contributed by atoms with Crippen LogP contribution in [0, 0.1) is 0 Å². The lowest BCUT2D eigenvalue weighted by Crippen LogP contribution is -2.10. The summed E-state index contributed by atoms with van der Waals surface area (Å²) in [4.78, 5) is 2.37. The van der Waals surface area contributed by atoms with Crippen LogP contribution in [-0.2, 0) is 0 Å². The van der Waals surface area contributed by atoms with E-state index >= 15 is 0 Å². The van der Waals surface area contributed by atoms with Gasteiger partial charge in [-0.05, 0) is 106 Å². The number of fused-ring (bicyclic) bond motifs is 6. The first kappa shape index (κ1) is 27.5. The first-order valence-electron chi connectivity index (χ1n) is 16.8. The van der Waals surface area contributed by atoms with E-state index in [1.54, 1.807) is 0 Å². The van der Waals surface area contributed by atoms with Crippen LogP contribution in [0.1, 0.15) is 0 Å². The first-order chi connectivity index (χ1) is 24.3. The highest BCUT2D eigenvalue weighted by Gasteiger charge is 2.17. The van der Waals surface area contributed by atoms with Crippen LogP contribution in [0.15, 0.2) is 188 Å². The zero-order valence-electron chi connectivity index (χ0n) is 26.7. The Morgan fingerprint density at radius 3 is 1.61 bits per heavy atom. The summed E-state index contributed by atoms with van der Waals surface area (Å²) in [5.41, 5.74) is 9.27. The second kappa shape index (κ2) is 11.0.